The van der Waals surface area contributed by atoms with Gasteiger partial charge >= 0.3 is 7.82 Å². The van der Waals surface area contributed by atoms with Crippen molar-refractivity contribution in [1.82, 2.24) is 0 Å². The Bertz CT molecular complexity index is 1910. The summed E-state index contributed by atoms with van der Waals surface area (Å²) in [5.41, 5.74) is 9.22. The van der Waals surface area contributed by atoms with E-state index in [1.807, 2.05) is 48.5 Å². The molecule has 0 radical (unpaired) electrons. The zero-order chi connectivity index (χ0) is 28.5. The van der Waals surface area contributed by atoms with E-state index in [1.54, 1.807) is 0 Å². The first-order valence-electron chi connectivity index (χ1n) is 13.7. The second-order valence-electron chi connectivity index (χ2n) is 10.9. The van der Waals surface area contributed by atoms with Crippen LogP contribution < -0.4 is 9.05 Å². The van der Waals surface area contributed by atoms with Crippen LogP contribution in [-0.2, 0) is 4.57 Å². The van der Waals surface area contributed by atoms with Crippen LogP contribution in [0.2, 0.25) is 0 Å². The first-order chi connectivity index (χ1) is 19.7. The summed E-state index contributed by atoms with van der Waals surface area (Å²) >= 11 is 0. The predicted molar refractivity (Wildman–Crippen MR) is 168 cm³/mol. The predicted octanol–water partition coefficient (Wildman–Crippen LogP) is 10.1. The minimum Gasteiger partial charge on any atom is -0.394 e. The molecule has 1 aliphatic rings. The van der Waals surface area contributed by atoms with E-state index in [4.69, 9.17) is 9.05 Å². The van der Waals surface area contributed by atoms with Gasteiger partial charge in [-0.1, -0.05) is 84.9 Å². The highest BCUT2D eigenvalue weighted by molar-refractivity contribution is 7.48. The molecule has 6 aromatic carbocycles. The van der Waals surface area contributed by atoms with E-state index in [9.17, 15) is 9.46 Å². The molecule has 0 bridgehead atoms. The summed E-state index contributed by atoms with van der Waals surface area (Å²) in [6.07, 6.45) is 0. The van der Waals surface area contributed by atoms with Gasteiger partial charge in [-0.15, -0.1) is 0 Å². The van der Waals surface area contributed by atoms with E-state index in [0.717, 1.165) is 77.2 Å². The molecule has 6 aromatic rings. The number of phosphoric ester groups is 1. The summed E-state index contributed by atoms with van der Waals surface area (Å²) in [7, 11) is -4.61. The third kappa shape index (κ3) is 4.06. The van der Waals surface area contributed by atoms with Crippen molar-refractivity contribution in [2.45, 2.75) is 27.7 Å². The van der Waals surface area contributed by atoms with Gasteiger partial charge in [0.25, 0.3) is 0 Å². The first-order valence-corrected chi connectivity index (χ1v) is 15.2. The lowest BCUT2D eigenvalue weighted by molar-refractivity contribution is 0.295. The number of benzene rings is 6. The molecule has 0 amide bonds. The fourth-order valence-corrected chi connectivity index (χ4v) is 7.32. The second kappa shape index (κ2) is 9.34. The van der Waals surface area contributed by atoms with Crippen molar-refractivity contribution in [2.75, 3.05) is 0 Å². The zero-order valence-electron chi connectivity index (χ0n) is 23.4. The third-order valence-corrected chi connectivity index (χ3v) is 8.99. The van der Waals surface area contributed by atoms with E-state index < -0.39 is 7.82 Å². The molecular formula is C36H29O4P. The lowest BCUT2D eigenvalue weighted by atomic mass is 9.84. The Morgan fingerprint density at radius 1 is 0.512 bits per heavy atom. The summed E-state index contributed by atoms with van der Waals surface area (Å²) < 4.78 is 26.1. The number of phosphoric acid groups is 1. The van der Waals surface area contributed by atoms with Gasteiger partial charge in [0.1, 0.15) is 11.5 Å². The van der Waals surface area contributed by atoms with Crippen LogP contribution in [0.5, 0.6) is 11.5 Å². The second-order valence-corrected chi connectivity index (χ2v) is 12.2. The van der Waals surface area contributed by atoms with Crippen molar-refractivity contribution < 1.29 is 18.5 Å². The van der Waals surface area contributed by atoms with Gasteiger partial charge < -0.3 is 9.05 Å². The minimum atomic E-state index is -4.61. The number of aryl methyl sites for hydroxylation is 4. The van der Waals surface area contributed by atoms with Gasteiger partial charge in [0.2, 0.25) is 0 Å². The minimum absolute atomic E-state index is 0.356. The maximum absolute atomic E-state index is 13.9. The topological polar surface area (TPSA) is 55.8 Å². The molecule has 1 aliphatic heterocycles. The molecule has 0 aromatic heterocycles. The van der Waals surface area contributed by atoms with Crippen molar-refractivity contribution in [3.05, 3.63) is 119 Å². The summed E-state index contributed by atoms with van der Waals surface area (Å²) in [4.78, 5) is 11.3. The molecule has 0 atom stereocenters. The first kappa shape index (κ1) is 25.6. The van der Waals surface area contributed by atoms with Gasteiger partial charge in [0.15, 0.2) is 0 Å². The highest BCUT2D eigenvalue weighted by Crippen LogP contribution is 2.62. The molecule has 0 unspecified atom stereocenters. The Balaban J connectivity index is 1.74. The Morgan fingerprint density at radius 2 is 0.878 bits per heavy atom. The van der Waals surface area contributed by atoms with Gasteiger partial charge in [0.05, 0.1) is 0 Å². The summed E-state index contributed by atoms with van der Waals surface area (Å²) in [6, 6.07) is 32.6. The van der Waals surface area contributed by atoms with E-state index >= 15 is 0 Å². The lowest BCUT2D eigenvalue weighted by Gasteiger charge is -2.20. The highest BCUT2D eigenvalue weighted by atomic mass is 31.2. The largest absolute Gasteiger partial charge is 0.584 e. The van der Waals surface area contributed by atoms with Crippen molar-refractivity contribution in [3.63, 3.8) is 0 Å². The molecule has 0 fully saturated rings. The Morgan fingerprint density at radius 3 is 1.27 bits per heavy atom. The van der Waals surface area contributed by atoms with Crippen LogP contribution in [0.4, 0.5) is 0 Å². The van der Waals surface area contributed by atoms with Crippen LogP contribution in [0.3, 0.4) is 0 Å². The van der Waals surface area contributed by atoms with Crippen LogP contribution >= 0.6 is 7.82 Å². The van der Waals surface area contributed by atoms with Crippen molar-refractivity contribution in [1.29, 1.82) is 0 Å². The summed E-state index contributed by atoms with van der Waals surface area (Å²) in [6.45, 7) is 8.21. The zero-order valence-corrected chi connectivity index (χ0v) is 24.3. The van der Waals surface area contributed by atoms with Crippen LogP contribution in [-0.4, -0.2) is 4.89 Å². The molecule has 0 saturated carbocycles. The number of hydrogen-bond acceptors (Lipinski definition) is 3. The van der Waals surface area contributed by atoms with Crippen LogP contribution in [0, 0.1) is 27.7 Å². The van der Waals surface area contributed by atoms with Gasteiger partial charge in [-0.3, -0.25) is 4.89 Å². The maximum atomic E-state index is 13.9. The Labute approximate surface area is 239 Å². The van der Waals surface area contributed by atoms with Gasteiger partial charge in [0, 0.05) is 22.3 Å². The quantitative estimate of drug-likeness (QED) is 0.216. The van der Waals surface area contributed by atoms with Crippen LogP contribution in [0.25, 0.3) is 54.9 Å². The third-order valence-electron chi connectivity index (χ3n) is 8.17. The van der Waals surface area contributed by atoms with E-state index in [1.165, 1.54) is 0 Å². The molecule has 0 saturated heterocycles. The summed E-state index contributed by atoms with van der Waals surface area (Å²) in [5.74, 6) is 0.712. The highest BCUT2D eigenvalue weighted by Gasteiger charge is 2.38. The maximum Gasteiger partial charge on any atom is 0.584 e. The Kier molecular flexibility index (Phi) is 5.83. The van der Waals surface area contributed by atoms with Crippen molar-refractivity contribution in [3.8, 4) is 44.9 Å². The summed E-state index contributed by atoms with van der Waals surface area (Å²) in [5, 5.41) is 3.87. The average molecular weight is 557 g/mol. The molecule has 41 heavy (non-hydrogen) atoms. The van der Waals surface area contributed by atoms with Crippen LogP contribution in [0.1, 0.15) is 22.3 Å². The molecule has 1 heterocycles. The molecule has 7 rings (SSSR count). The molecule has 4 nitrogen and oxygen atoms in total. The van der Waals surface area contributed by atoms with E-state index in [-0.39, 0.29) is 0 Å². The van der Waals surface area contributed by atoms with Gasteiger partial charge in [-0.2, -0.15) is 0 Å². The normalized spacial score (nSPS) is 13.7. The van der Waals surface area contributed by atoms with Crippen LogP contribution in [0.15, 0.2) is 97.1 Å². The van der Waals surface area contributed by atoms with E-state index in [0.29, 0.717) is 11.5 Å². The molecule has 0 aliphatic carbocycles. The standard InChI is InChI=1S/C36H29O4P/c1-21-11-9-12-22(2)31(21)29-19-25-15-5-7-17-27(25)33-34-28-18-8-6-16-26(28)20-30(32-23(3)13-10-14-24(32)4)36(34)40-41(37,38)39-35(29)33/h5-20H,1-4H3,(H,37,38). The average Bonchev–Trinajstić information content (AvgIpc) is 3.06. The SMILES string of the molecule is Cc1cccc(C)c1-c1cc2ccccc2c2c1OP(=O)(O)Oc1c(-c3c(C)cccc3C)cc3ccccc3c1-2. The lowest BCUT2D eigenvalue weighted by Crippen LogP contribution is -2.01. The van der Waals surface area contributed by atoms with Gasteiger partial charge in [-0.25, -0.2) is 4.57 Å². The molecule has 202 valence electrons. The smallest absolute Gasteiger partial charge is 0.394 e. The van der Waals surface area contributed by atoms with Crippen molar-refractivity contribution in [2.24, 2.45) is 0 Å². The molecule has 0 spiro atoms. The monoisotopic (exact) mass is 556 g/mol. The number of hydrogen-bond donors (Lipinski definition) is 1. The van der Waals surface area contributed by atoms with Crippen molar-refractivity contribution >= 4 is 29.4 Å². The number of rotatable bonds is 2. The van der Waals surface area contributed by atoms with E-state index in [2.05, 4.69) is 76.2 Å². The fourth-order valence-electron chi connectivity index (χ4n) is 6.44. The van der Waals surface area contributed by atoms with Gasteiger partial charge in [-0.05, 0) is 94.8 Å². The number of fused-ring (bicyclic) bond motifs is 7. The molecule has 1 N–H and O–H groups in total. The molecular weight excluding hydrogens is 527 g/mol. The Hall–Kier alpha value is -4.37. The fraction of sp³-hybridized carbons (Fsp3) is 0.111. The molecule has 5 heteroatoms.